The van der Waals surface area contributed by atoms with Crippen LogP contribution in [0.4, 0.5) is 16.2 Å². The largest absolute Gasteiger partial charge is 0.372 e. The maximum Gasteiger partial charge on any atom is 0.321 e. The maximum atomic E-state index is 12.8. The number of anilines is 2. The molecule has 0 unspecified atom stereocenters. The van der Waals surface area contributed by atoms with Crippen LogP contribution in [0, 0.1) is 13.8 Å². The molecule has 1 aliphatic rings. The Labute approximate surface area is 175 Å². The Morgan fingerprint density at radius 3 is 2.28 bits per heavy atom. The molecular weight excluding hydrogens is 360 g/mol. The quantitative estimate of drug-likeness (QED) is 0.784. The third kappa shape index (κ3) is 5.30. The van der Waals surface area contributed by atoms with E-state index >= 15 is 0 Å². The van der Waals surface area contributed by atoms with Crippen LogP contribution in [0.3, 0.4) is 0 Å². The summed E-state index contributed by atoms with van der Waals surface area (Å²) in [4.78, 5) is 19.4. The van der Waals surface area contributed by atoms with Gasteiger partial charge >= 0.3 is 6.03 Å². The number of rotatable bonds is 6. The van der Waals surface area contributed by atoms with Crippen LogP contribution in [0.5, 0.6) is 0 Å². The summed E-state index contributed by atoms with van der Waals surface area (Å²) in [5.41, 5.74) is 5.90. The first-order valence-corrected chi connectivity index (χ1v) is 10.7. The van der Waals surface area contributed by atoms with Gasteiger partial charge in [-0.2, -0.15) is 0 Å². The van der Waals surface area contributed by atoms with Crippen LogP contribution in [0.1, 0.15) is 30.5 Å². The van der Waals surface area contributed by atoms with Gasteiger partial charge in [-0.1, -0.05) is 24.3 Å². The molecule has 1 heterocycles. The lowest BCUT2D eigenvalue weighted by molar-refractivity contribution is 0.143. The van der Waals surface area contributed by atoms with E-state index in [0.29, 0.717) is 0 Å². The Balaban J connectivity index is 1.54. The normalized spacial score (nSPS) is 14.7. The van der Waals surface area contributed by atoms with Crippen molar-refractivity contribution in [2.45, 2.75) is 34.2 Å². The summed E-state index contributed by atoms with van der Waals surface area (Å²) in [7, 11) is 0. The van der Waals surface area contributed by atoms with Gasteiger partial charge in [0.1, 0.15) is 0 Å². The molecule has 1 aliphatic heterocycles. The average Bonchev–Trinajstić information content (AvgIpc) is 2.73. The molecule has 3 rings (SSSR count). The van der Waals surface area contributed by atoms with Crippen molar-refractivity contribution < 1.29 is 4.79 Å². The molecule has 2 aromatic carbocycles. The number of amides is 2. The fourth-order valence-corrected chi connectivity index (χ4v) is 3.91. The van der Waals surface area contributed by atoms with Gasteiger partial charge in [0.2, 0.25) is 0 Å². The third-order valence-electron chi connectivity index (χ3n) is 5.89. The molecule has 29 heavy (non-hydrogen) atoms. The van der Waals surface area contributed by atoms with Crippen LogP contribution in [0.25, 0.3) is 0 Å². The van der Waals surface area contributed by atoms with Gasteiger partial charge < -0.3 is 15.1 Å². The first-order chi connectivity index (χ1) is 14.0. The van der Waals surface area contributed by atoms with Crippen LogP contribution in [-0.4, -0.2) is 55.1 Å². The number of urea groups is 1. The molecule has 156 valence electrons. The summed E-state index contributed by atoms with van der Waals surface area (Å²) in [6.07, 6.45) is 0. The van der Waals surface area contributed by atoms with Gasteiger partial charge in [-0.25, -0.2) is 4.79 Å². The smallest absolute Gasteiger partial charge is 0.321 e. The molecule has 5 nitrogen and oxygen atoms in total. The number of hydrogen-bond donors (Lipinski definition) is 1. The molecule has 1 fully saturated rings. The number of nitrogens with zero attached hydrogens (tertiary/aromatic N) is 3. The van der Waals surface area contributed by atoms with Gasteiger partial charge in [-0.15, -0.1) is 0 Å². The van der Waals surface area contributed by atoms with E-state index in [1.807, 2.05) is 11.0 Å². The molecule has 0 aromatic heterocycles. The molecule has 0 aliphatic carbocycles. The molecule has 0 spiro atoms. The summed E-state index contributed by atoms with van der Waals surface area (Å²) < 4.78 is 0. The summed E-state index contributed by atoms with van der Waals surface area (Å²) in [5, 5.41) is 3.11. The molecule has 1 N–H and O–H groups in total. The van der Waals surface area contributed by atoms with Gasteiger partial charge in [0.05, 0.1) is 0 Å². The van der Waals surface area contributed by atoms with E-state index in [9.17, 15) is 4.79 Å². The number of aryl methyl sites for hydroxylation is 2. The van der Waals surface area contributed by atoms with E-state index in [0.717, 1.165) is 57.1 Å². The highest BCUT2D eigenvalue weighted by atomic mass is 16.2. The van der Waals surface area contributed by atoms with Crippen molar-refractivity contribution in [2.75, 3.05) is 49.5 Å². The SMILES string of the molecule is CCN(CC)c1ccc(NC(=O)N2CCN(Cc3ccccc3C)CC2)c(C)c1. The minimum atomic E-state index is -0.000712. The Morgan fingerprint density at radius 1 is 0.966 bits per heavy atom. The van der Waals surface area contributed by atoms with E-state index < -0.39 is 0 Å². The zero-order valence-electron chi connectivity index (χ0n) is 18.2. The molecule has 1 saturated heterocycles. The van der Waals surface area contributed by atoms with Gasteiger partial charge in [-0.05, 0) is 62.6 Å². The first kappa shape index (κ1) is 21.2. The van der Waals surface area contributed by atoms with Crippen LogP contribution < -0.4 is 10.2 Å². The molecule has 2 aromatic rings. The second-order valence-corrected chi connectivity index (χ2v) is 7.79. The summed E-state index contributed by atoms with van der Waals surface area (Å²) in [6.45, 7) is 14.8. The Morgan fingerprint density at radius 2 is 1.66 bits per heavy atom. The molecule has 0 atom stereocenters. The van der Waals surface area contributed by atoms with Crippen molar-refractivity contribution in [3.05, 3.63) is 59.2 Å². The molecule has 2 amide bonds. The summed E-state index contributed by atoms with van der Waals surface area (Å²) >= 11 is 0. The van der Waals surface area contributed by atoms with Gasteiger partial charge in [0, 0.05) is 57.2 Å². The number of hydrogen-bond acceptors (Lipinski definition) is 3. The molecular formula is C24H34N4O. The highest BCUT2D eigenvalue weighted by molar-refractivity contribution is 5.90. The second kappa shape index (κ2) is 9.79. The third-order valence-corrected chi connectivity index (χ3v) is 5.89. The predicted octanol–water partition coefficient (Wildman–Crippen LogP) is 4.50. The van der Waals surface area contributed by atoms with Crippen LogP contribution in [0.15, 0.2) is 42.5 Å². The van der Waals surface area contributed by atoms with Gasteiger partial charge in [-0.3, -0.25) is 4.90 Å². The average molecular weight is 395 g/mol. The lowest BCUT2D eigenvalue weighted by Gasteiger charge is -2.35. The van der Waals surface area contributed by atoms with Crippen LogP contribution in [-0.2, 0) is 6.54 Å². The monoisotopic (exact) mass is 394 g/mol. The zero-order valence-corrected chi connectivity index (χ0v) is 18.2. The van der Waals surface area contributed by atoms with E-state index in [1.54, 1.807) is 0 Å². The molecule has 0 bridgehead atoms. The number of benzene rings is 2. The lowest BCUT2D eigenvalue weighted by Crippen LogP contribution is -2.49. The summed E-state index contributed by atoms with van der Waals surface area (Å²) in [6, 6.07) is 14.8. The topological polar surface area (TPSA) is 38.8 Å². The van der Waals surface area contributed by atoms with Crippen molar-refractivity contribution in [1.82, 2.24) is 9.80 Å². The zero-order chi connectivity index (χ0) is 20.8. The van der Waals surface area contributed by atoms with E-state index in [2.05, 4.69) is 79.2 Å². The van der Waals surface area contributed by atoms with Crippen molar-refractivity contribution in [3.63, 3.8) is 0 Å². The second-order valence-electron chi connectivity index (χ2n) is 7.79. The van der Waals surface area contributed by atoms with E-state index in [-0.39, 0.29) is 6.03 Å². The van der Waals surface area contributed by atoms with Crippen LogP contribution >= 0.6 is 0 Å². The van der Waals surface area contributed by atoms with Crippen molar-refractivity contribution in [3.8, 4) is 0 Å². The fourth-order valence-electron chi connectivity index (χ4n) is 3.91. The Kier molecular flexibility index (Phi) is 7.15. The van der Waals surface area contributed by atoms with Crippen LogP contribution in [0.2, 0.25) is 0 Å². The predicted molar refractivity (Wildman–Crippen MR) is 122 cm³/mol. The Hall–Kier alpha value is -2.53. The number of nitrogens with one attached hydrogen (secondary N) is 1. The highest BCUT2D eigenvalue weighted by Gasteiger charge is 2.22. The van der Waals surface area contributed by atoms with Crippen molar-refractivity contribution >= 4 is 17.4 Å². The fraction of sp³-hybridized carbons (Fsp3) is 0.458. The molecule has 5 heteroatoms. The maximum absolute atomic E-state index is 12.8. The van der Waals surface area contributed by atoms with Gasteiger partial charge in [0.15, 0.2) is 0 Å². The number of piperazine rings is 1. The van der Waals surface area contributed by atoms with Gasteiger partial charge in [0.25, 0.3) is 0 Å². The van der Waals surface area contributed by atoms with E-state index in [4.69, 9.17) is 0 Å². The van der Waals surface area contributed by atoms with Crippen molar-refractivity contribution in [1.29, 1.82) is 0 Å². The molecule has 0 radical (unpaired) electrons. The minimum absolute atomic E-state index is 0.000712. The molecule has 0 saturated carbocycles. The first-order valence-electron chi connectivity index (χ1n) is 10.7. The number of carbonyl (C=O) groups is 1. The number of carbonyl (C=O) groups excluding carboxylic acids is 1. The van der Waals surface area contributed by atoms with E-state index in [1.165, 1.54) is 16.8 Å². The lowest BCUT2D eigenvalue weighted by atomic mass is 10.1. The van der Waals surface area contributed by atoms with Crippen molar-refractivity contribution in [2.24, 2.45) is 0 Å². The summed E-state index contributed by atoms with van der Waals surface area (Å²) in [5.74, 6) is 0. The highest BCUT2D eigenvalue weighted by Crippen LogP contribution is 2.23. The minimum Gasteiger partial charge on any atom is -0.372 e. The Bertz CT molecular complexity index is 823. The standard InChI is InChI=1S/C24H34N4O/c1-5-27(6-2)22-11-12-23(20(4)17-22)25-24(29)28-15-13-26(14-16-28)18-21-10-8-7-9-19(21)3/h7-12,17H,5-6,13-16,18H2,1-4H3,(H,25,29).